The molecule has 1 atom stereocenters. The lowest BCUT2D eigenvalue weighted by Crippen LogP contribution is -2.29. The van der Waals surface area contributed by atoms with Crippen molar-refractivity contribution in [1.82, 2.24) is 5.32 Å². The normalized spacial score (nSPS) is 13.2. The molecule has 80 valence electrons. The predicted molar refractivity (Wildman–Crippen MR) is 56.8 cm³/mol. The highest BCUT2D eigenvalue weighted by atomic mass is 16.1. The molecule has 0 heterocycles. The number of hydrogen-bond acceptors (Lipinski definition) is 2. The third-order valence-corrected chi connectivity index (χ3v) is 2.11. The Morgan fingerprint density at radius 1 is 1.36 bits per heavy atom. The maximum Gasteiger partial charge on any atom is 0.226 e. The number of carbonyl (C=O) groups excluding carboxylic acids is 2. The van der Waals surface area contributed by atoms with Crippen molar-refractivity contribution in [3.05, 3.63) is 12.2 Å². The van der Waals surface area contributed by atoms with Crippen LogP contribution in [0, 0.1) is 11.8 Å². The third kappa shape index (κ3) is 4.21. The molecular formula is C11H19NO2. The Kier molecular flexibility index (Phi) is 5.84. The van der Waals surface area contributed by atoms with Crippen molar-refractivity contribution in [1.29, 1.82) is 0 Å². The summed E-state index contributed by atoms with van der Waals surface area (Å²) >= 11 is 0. The summed E-state index contributed by atoms with van der Waals surface area (Å²) in [5.41, 5.74) is 0. The summed E-state index contributed by atoms with van der Waals surface area (Å²) in [6, 6.07) is 0. The van der Waals surface area contributed by atoms with E-state index < -0.39 is 0 Å². The molecule has 0 aromatic carbocycles. The van der Waals surface area contributed by atoms with E-state index in [9.17, 15) is 9.59 Å². The first kappa shape index (κ1) is 12.9. The van der Waals surface area contributed by atoms with E-state index in [1.54, 1.807) is 20.0 Å². The quantitative estimate of drug-likeness (QED) is 0.679. The molecule has 0 bridgehead atoms. The molecule has 1 amide bonds. The first-order chi connectivity index (χ1) is 6.52. The Bertz CT molecular complexity index is 231. The summed E-state index contributed by atoms with van der Waals surface area (Å²) in [4.78, 5) is 22.4. The fraction of sp³-hybridized carbons (Fsp3) is 0.636. The number of hydrogen-bond donors (Lipinski definition) is 1. The Balaban J connectivity index is 4.45. The van der Waals surface area contributed by atoms with Gasteiger partial charge in [0.2, 0.25) is 5.91 Å². The second-order valence-electron chi connectivity index (χ2n) is 3.56. The van der Waals surface area contributed by atoms with Crippen molar-refractivity contribution in [2.24, 2.45) is 11.8 Å². The van der Waals surface area contributed by atoms with Crippen molar-refractivity contribution in [2.75, 3.05) is 7.05 Å². The molecule has 0 unspecified atom stereocenters. The van der Waals surface area contributed by atoms with Crippen molar-refractivity contribution in [3.8, 4) is 0 Å². The van der Waals surface area contributed by atoms with E-state index in [1.165, 1.54) is 6.08 Å². The summed E-state index contributed by atoms with van der Waals surface area (Å²) in [7, 11) is 1.60. The summed E-state index contributed by atoms with van der Waals surface area (Å²) in [6.07, 6.45) is 3.67. The highest BCUT2D eigenvalue weighted by Crippen LogP contribution is 2.12. The minimum Gasteiger partial charge on any atom is -0.359 e. The zero-order valence-corrected chi connectivity index (χ0v) is 9.33. The number of amides is 1. The Morgan fingerprint density at radius 3 is 2.29 bits per heavy atom. The Hall–Kier alpha value is -1.12. The highest BCUT2D eigenvalue weighted by molar-refractivity contribution is 5.90. The van der Waals surface area contributed by atoms with Gasteiger partial charge in [-0.2, -0.15) is 0 Å². The van der Waals surface area contributed by atoms with E-state index in [0.717, 1.165) is 0 Å². The zero-order chi connectivity index (χ0) is 11.1. The van der Waals surface area contributed by atoms with Crippen LogP contribution in [0.3, 0.4) is 0 Å². The lowest BCUT2D eigenvalue weighted by Gasteiger charge is -2.14. The van der Waals surface area contributed by atoms with E-state index >= 15 is 0 Å². The molecule has 0 aromatic rings. The highest BCUT2D eigenvalue weighted by Gasteiger charge is 2.17. The summed E-state index contributed by atoms with van der Waals surface area (Å²) < 4.78 is 0. The van der Waals surface area contributed by atoms with Crippen LogP contribution in [0.4, 0.5) is 0 Å². The van der Waals surface area contributed by atoms with Gasteiger partial charge in [0.05, 0.1) is 5.92 Å². The molecule has 0 spiro atoms. The second-order valence-corrected chi connectivity index (χ2v) is 3.56. The summed E-state index contributed by atoms with van der Waals surface area (Å²) in [5.74, 6) is 0.00561. The predicted octanol–water partition coefficient (Wildman–Crippen LogP) is 1.54. The van der Waals surface area contributed by atoms with Gasteiger partial charge in [0, 0.05) is 13.5 Å². The van der Waals surface area contributed by atoms with Crippen LogP contribution in [-0.2, 0) is 9.59 Å². The van der Waals surface area contributed by atoms with Gasteiger partial charge in [0.25, 0.3) is 0 Å². The van der Waals surface area contributed by atoms with Crippen molar-refractivity contribution in [3.63, 3.8) is 0 Å². The zero-order valence-electron chi connectivity index (χ0n) is 9.33. The SMILES string of the molecule is CCC(=O)/C=C/[C@H](C(=O)NC)C(C)C. The van der Waals surface area contributed by atoms with E-state index in [-0.39, 0.29) is 23.5 Å². The maximum absolute atomic E-state index is 11.4. The van der Waals surface area contributed by atoms with E-state index in [1.807, 2.05) is 13.8 Å². The molecule has 0 aliphatic heterocycles. The van der Waals surface area contributed by atoms with E-state index in [2.05, 4.69) is 5.32 Å². The molecule has 0 radical (unpaired) electrons. The first-order valence-corrected chi connectivity index (χ1v) is 4.95. The van der Waals surface area contributed by atoms with Gasteiger partial charge in [-0.15, -0.1) is 0 Å². The smallest absolute Gasteiger partial charge is 0.226 e. The van der Waals surface area contributed by atoms with Crippen LogP contribution in [0.15, 0.2) is 12.2 Å². The topological polar surface area (TPSA) is 46.2 Å². The van der Waals surface area contributed by atoms with Crippen LogP contribution < -0.4 is 5.32 Å². The molecule has 3 nitrogen and oxygen atoms in total. The maximum atomic E-state index is 11.4. The summed E-state index contributed by atoms with van der Waals surface area (Å²) in [6.45, 7) is 5.72. The van der Waals surface area contributed by atoms with Gasteiger partial charge in [-0.05, 0) is 12.0 Å². The Morgan fingerprint density at radius 2 is 1.93 bits per heavy atom. The van der Waals surface area contributed by atoms with Crippen LogP contribution in [0.1, 0.15) is 27.2 Å². The minimum absolute atomic E-state index is 0.0415. The average molecular weight is 197 g/mol. The molecule has 0 saturated heterocycles. The van der Waals surface area contributed by atoms with Gasteiger partial charge >= 0.3 is 0 Å². The second kappa shape index (κ2) is 6.35. The molecule has 0 fully saturated rings. The van der Waals surface area contributed by atoms with Gasteiger partial charge in [-0.3, -0.25) is 9.59 Å². The lowest BCUT2D eigenvalue weighted by atomic mass is 9.94. The van der Waals surface area contributed by atoms with Crippen LogP contribution in [0.5, 0.6) is 0 Å². The van der Waals surface area contributed by atoms with Crippen molar-refractivity contribution in [2.45, 2.75) is 27.2 Å². The summed E-state index contributed by atoms with van der Waals surface area (Å²) in [5, 5.41) is 2.59. The Labute approximate surface area is 85.6 Å². The standard InChI is InChI=1S/C11H19NO2/c1-5-9(13)6-7-10(8(2)3)11(14)12-4/h6-8,10H,5H2,1-4H3,(H,12,14)/b7-6+/t10-/m0/s1. The molecule has 0 aromatic heterocycles. The fourth-order valence-corrected chi connectivity index (χ4v) is 1.11. The molecule has 3 heteroatoms. The number of rotatable bonds is 5. The van der Waals surface area contributed by atoms with E-state index in [0.29, 0.717) is 6.42 Å². The largest absolute Gasteiger partial charge is 0.359 e. The van der Waals surface area contributed by atoms with Crippen LogP contribution >= 0.6 is 0 Å². The van der Waals surface area contributed by atoms with Crippen molar-refractivity contribution >= 4 is 11.7 Å². The minimum atomic E-state index is -0.213. The fourth-order valence-electron chi connectivity index (χ4n) is 1.11. The molecule has 1 N–H and O–H groups in total. The molecule has 0 saturated carbocycles. The van der Waals surface area contributed by atoms with Gasteiger partial charge in [-0.1, -0.05) is 26.8 Å². The molecule has 0 aliphatic carbocycles. The molecule has 14 heavy (non-hydrogen) atoms. The lowest BCUT2D eigenvalue weighted by molar-refractivity contribution is -0.124. The molecule has 0 aliphatic rings. The van der Waals surface area contributed by atoms with Crippen LogP contribution in [0.2, 0.25) is 0 Å². The average Bonchev–Trinajstić information content (AvgIpc) is 2.16. The van der Waals surface area contributed by atoms with Gasteiger partial charge in [-0.25, -0.2) is 0 Å². The third-order valence-electron chi connectivity index (χ3n) is 2.11. The first-order valence-electron chi connectivity index (χ1n) is 4.95. The number of allylic oxidation sites excluding steroid dienone is 1. The van der Waals surface area contributed by atoms with Gasteiger partial charge < -0.3 is 5.32 Å². The molecular weight excluding hydrogens is 178 g/mol. The number of nitrogens with one attached hydrogen (secondary N) is 1. The van der Waals surface area contributed by atoms with Gasteiger partial charge in [0.1, 0.15) is 0 Å². The van der Waals surface area contributed by atoms with Crippen molar-refractivity contribution < 1.29 is 9.59 Å². The molecule has 0 rings (SSSR count). The van der Waals surface area contributed by atoms with Crippen LogP contribution in [0.25, 0.3) is 0 Å². The van der Waals surface area contributed by atoms with E-state index in [4.69, 9.17) is 0 Å². The monoisotopic (exact) mass is 197 g/mol. The number of carbonyl (C=O) groups is 2. The van der Waals surface area contributed by atoms with Gasteiger partial charge in [0.15, 0.2) is 5.78 Å². The van der Waals surface area contributed by atoms with Crippen LogP contribution in [-0.4, -0.2) is 18.7 Å². The number of ketones is 1.